The number of amides is 1. The van der Waals surface area contributed by atoms with Crippen molar-refractivity contribution in [2.45, 2.75) is 36.3 Å². The highest BCUT2D eigenvalue weighted by atomic mass is 35.5. The molecule has 27 heavy (non-hydrogen) atoms. The summed E-state index contributed by atoms with van der Waals surface area (Å²) in [7, 11) is 0. The fraction of sp³-hybridized carbons (Fsp3) is 0.471. The number of carbonyl (C=O) groups is 1. The molecule has 0 radical (unpaired) electrons. The SMILES string of the molecule is C[C@H](NC(=O)CSc1nnc(NC[C@H]2CCCO2)s1)c1ccc(Cl)cc1Cl. The lowest BCUT2D eigenvalue weighted by Crippen LogP contribution is -2.28. The molecule has 3 rings (SSSR count). The van der Waals surface area contributed by atoms with Crippen LogP contribution in [-0.4, -0.2) is 41.1 Å². The van der Waals surface area contributed by atoms with E-state index >= 15 is 0 Å². The maximum absolute atomic E-state index is 12.2. The molecule has 1 fully saturated rings. The van der Waals surface area contributed by atoms with Gasteiger partial charge in [0, 0.05) is 23.2 Å². The van der Waals surface area contributed by atoms with Gasteiger partial charge < -0.3 is 15.4 Å². The first kappa shape index (κ1) is 20.7. The smallest absolute Gasteiger partial charge is 0.230 e. The van der Waals surface area contributed by atoms with E-state index in [1.165, 1.54) is 23.1 Å². The molecule has 2 N–H and O–H groups in total. The predicted octanol–water partition coefficient (Wildman–Crippen LogP) is 4.41. The lowest BCUT2D eigenvalue weighted by atomic mass is 10.1. The second kappa shape index (κ2) is 9.93. The van der Waals surface area contributed by atoms with Crippen LogP contribution in [0.5, 0.6) is 0 Å². The highest BCUT2D eigenvalue weighted by Gasteiger charge is 2.17. The summed E-state index contributed by atoms with van der Waals surface area (Å²) in [6.45, 7) is 3.45. The monoisotopic (exact) mass is 446 g/mol. The maximum atomic E-state index is 12.2. The third-order valence-electron chi connectivity index (χ3n) is 4.04. The molecule has 0 aliphatic carbocycles. The van der Waals surface area contributed by atoms with Crippen molar-refractivity contribution in [2.24, 2.45) is 0 Å². The molecule has 10 heteroatoms. The van der Waals surface area contributed by atoms with Crippen LogP contribution in [0.15, 0.2) is 22.5 Å². The van der Waals surface area contributed by atoms with Crippen molar-refractivity contribution in [1.82, 2.24) is 15.5 Å². The van der Waals surface area contributed by atoms with Gasteiger partial charge in [0.1, 0.15) is 0 Å². The van der Waals surface area contributed by atoms with Crippen LogP contribution in [0, 0.1) is 0 Å². The minimum Gasteiger partial charge on any atom is -0.376 e. The van der Waals surface area contributed by atoms with Gasteiger partial charge in [-0.2, -0.15) is 0 Å². The lowest BCUT2D eigenvalue weighted by molar-refractivity contribution is -0.119. The number of nitrogens with one attached hydrogen (secondary N) is 2. The van der Waals surface area contributed by atoms with Crippen molar-refractivity contribution in [1.29, 1.82) is 0 Å². The molecular weight excluding hydrogens is 427 g/mol. The molecule has 1 amide bonds. The van der Waals surface area contributed by atoms with Gasteiger partial charge in [-0.25, -0.2) is 0 Å². The highest BCUT2D eigenvalue weighted by Crippen LogP contribution is 2.28. The van der Waals surface area contributed by atoms with Crippen molar-refractivity contribution in [3.05, 3.63) is 33.8 Å². The van der Waals surface area contributed by atoms with Gasteiger partial charge in [0.25, 0.3) is 0 Å². The molecule has 0 saturated carbocycles. The normalized spacial score (nSPS) is 17.7. The van der Waals surface area contributed by atoms with Crippen molar-refractivity contribution in [2.75, 3.05) is 24.2 Å². The summed E-state index contributed by atoms with van der Waals surface area (Å²) in [6.07, 6.45) is 2.43. The van der Waals surface area contributed by atoms with Crippen molar-refractivity contribution >= 4 is 57.3 Å². The van der Waals surface area contributed by atoms with E-state index in [2.05, 4.69) is 20.8 Å². The topological polar surface area (TPSA) is 76.1 Å². The van der Waals surface area contributed by atoms with Crippen molar-refractivity contribution in [3.63, 3.8) is 0 Å². The number of benzene rings is 1. The molecule has 1 aliphatic rings. The molecule has 1 aliphatic heterocycles. The largest absolute Gasteiger partial charge is 0.376 e. The van der Waals surface area contributed by atoms with Crippen LogP contribution in [0.4, 0.5) is 5.13 Å². The summed E-state index contributed by atoms with van der Waals surface area (Å²) in [4.78, 5) is 12.2. The summed E-state index contributed by atoms with van der Waals surface area (Å²) < 4.78 is 6.32. The molecule has 6 nitrogen and oxygen atoms in total. The first-order valence-electron chi connectivity index (χ1n) is 8.57. The molecular formula is C17H20Cl2N4O2S2. The molecule has 0 spiro atoms. The van der Waals surface area contributed by atoms with Crippen LogP contribution in [-0.2, 0) is 9.53 Å². The summed E-state index contributed by atoms with van der Waals surface area (Å²) in [5.74, 6) is 0.165. The molecule has 2 atom stereocenters. The van der Waals surface area contributed by atoms with Gasteiger partial charge in [-0.05, 0) is 37.5 Å². The van der Waals surface area contributed by atoms with Crippen LogP contribution in [0.25, 0.3) is 0 Å². The number of thioether (sulfide) groups is 1. The van der Waals surface area contributed by atoms with E-state index in [0.29, 0.717) is 10.0 Å². The average Bonchev–Trinajstić information content (AvgIpc) is 3.29. The van der Waals surface area contributed by atoms with E-state index in [1.807, 2.05) is 13.0 Å². The van der Waals surface area contributed by atoms with Crippen LogP contribution in [0.2, 0.25) is 10.0 Å². The number of nitrogens with zero attached hydrogens (tertiary/aromatic N) is 2. The second-order valence-electron chi connectivity index (χ2n) is 6.13. The van der Waals surface area contributed by atoms with Crippen LogP contribution < -0.4 is 10.6 Å². The molecule has 0 unspecified atom stereocenters. The Bertz CT molecular complexity index is 784. The van der Waals surface area contributed by atoms with Crippen molar-refractivity contribution < 1.29 is 9.53 Å². The quantitative estimate of drug-likeness (QED) is 0.584. The molecule has 0 bridgehead atoms. The number of aromatic nitrogens is 2. The van der Waals surface area contributed by atoms with Gasteiger partial charge in [-0.3, -0.25) is 4.79 Å². The van der Waals surface area contributed by atoms with Gasteiger partial charge in [-0.1, -0.05) is 52.4 Å². The third kappa shape index (κ3) is 6.22. The first-order valence-corrected chi connectivity index (χ1v) is 11.1. The fourth-order valence-electron chi connectivity index (χ4n) is 2.69. The Labute approximate surface area is 176 Å². The summed E-state index contributed by atoms with van der Waals surface area (Å²) >= 11 is 14.9. The first-order chi connectivity index (χ1) is 13.0. The van der Waals surface area contributed by atoms with E-state index < -0.39 is 0 Å². The summed E-state index contributed by atoms with van der Waals surface area (Å²) in [6, 6.07) is 5.04. The minimum atomic E-state index is -0.207. The average molecular weight is 447 g/mol. The Balaban J connectivity index is 1.43. The number of hydrogen-bond donors (Lipinski definition) is 2. The fourth-order valence-corrected chi connectivity index (χ4v) is 4.83. The van der Waals surface area contributed by atoms with Gasteiger partial charge in [0.05, 0.1) is 17.9 Å². The Morgan fingerprint density at radius 3 is 3.04 bits per heavy atom. The third-order valence-corrected chi connectivity index (χ3v) is 6.62. The zero-order chi connectivity index (χ0) is 19.2. The number of carbonyl (C=O) groups excluding carboxylic acids is 1. The number of hydrogen-bond acceptors (Lipinski definition) is 7. The van der Waals surface area contributed by atoms with Gasteiger partial charge in [-0.15, -0.1) is 10.2 Å². The zero-order valence-corrected chi connectivity index (χ0v) is 17.9. The van der Waals surface area contributed by atoms with Gasteiger partial charge >= 0.3 is 0 Å². The highest BCUT2D eigenvalue weighted by molar-refractivity contribution is 8.01. The standard InChI is InChI=1S/C17H20Cl2N4O2S2/c1-10(13-5-4-11(18)7-14(13)19)21-15(24)9-26-17-23-22-16(27-17)20-8-12-3-2-6-25-12/h4-5,7,10,12H,2-3,6,8-9H2,1H3,(H,20,22)(H,21,24)/t10-,12+/m0/s1. The van der Waals surface area contributed by atoms with Crippen LogP contribution in [0.1, 0.15) is 31.4 Å². The van der Waals surface area contributed by atoms with Crippen molar-refractivity contribution in [3.8, 4) is 0 Å². The van der Waals surface area contributed by atoms with E-state index in [1.54, 1.807) is 12.1 Å². The predicted molar refractivity (Wildman–Crippen MR) is 111 cm³/mol. The molecule has 2 heterocycles. The minimum absolute atomic E-state index is 0.0948. The Morgan fingerprint density at radius 1 is 1.44 bits per heavy atom. The summed E-state index contributed by atoms with van der Waals surface area (Å²) in [5.41, 5.74) is 0.830. The van der Waals surface area contributed by atoms with Crippen LogP contribution >= 0.6 is 46.3 Å². The van der Waals surface area contributed by atoms with E-state index in [9.17, 15) is 4.79 Å². The van der Waals surface area contributed by atoms with E-state index in [4.69, 9.17) is 27.9 Å². The number of halogens is 2. The molecule has 1 aromatic heterocycles. The lowest BCUT2D eigenvalue weighted by Gasteiger charge is -2.15. The van der Waals surface area contributed by atoms with Gasteiger partial charge in [0.15, 0.2) is 4.34 Å². The Kier molecular flexibility index (Phi) is 7.60. The van der Waals surface area contributed by atoms with Crippen LogP contribution in [0.3, 0.4) is 0 Å². The molecule has 2 aromatic rings. The number of rotatable bonds is 8. The number of ether oxygens (including phenoxy) is 1. The maximum Gasteiger partial charge on any atom is 0.230 e. The zero-order valence-electron chi connectivity index (χ0n) is 14.7. The van der Waals surface area contributed by atoms with Gasteiger partial charge in [0.2, 0.25) is 11.0 Å². The Morgan fingerprint density at radius 2 is 2.30 bits per heavy atom. The molecule has 146 valence electrons. The number of anilines is 1. The van der Waals surface area contributed by atoms with E-state index in [-0.39, 0.29) is 23.8 Å². The molecule has 1 saturated heterocycles. The molecule has 1 aromatic carbocycles. The Hall–Kier alpha value is -1.06. The summed E-state index contributed by atoms with van der Waals surface area (Å²) in [5, 5.41) is 16.2. The van der Waals surface area contributed by atoms with E-state index in [0.717, 1.165) is 41.0 Å². The second-order valence-corrected chi connectivity index (χ2v) is 9.18.